The van der Waals surface area contributed by atoms with Crippen LogP contribution in [0.3, 0.4) is 0 Å². The van der Waals surface area contributed by atoms with E-state index in [0.717, 1.165) is 78.4 Å². The third kappa shape index (κ3) is 4.12. The Kier molecular flexibility index (Phi) is 6.02. The van der Waals surface area contributed by atoms with Gasteiger partial charge in [-0.2, -0.15) is 0 Å². The number of hydrogen-bond donors (Lipinski definition) is 2. The Labute approximate surface area is 279 Å². The molecule has 2 heterocycles. The molecule has 2 saturated heterocycles. The Morgan fingerprint density at radius 2 is 1.23 bits per heavy atom. The maximum Gasteiger partial charge on any atom is 0.175 e. The van der Waals surface area contributed by atoms with Crippen LogP contribution in [0.15, 0.2) is 72.8 Å². The van der Waals surface area contributed by atoms with Crippen LogP contribution < -0.4 is 10.2 Å². The molecule has 5 heteroatoms. The largest absolute Gasteiger partial charge is 0.365 e. The zero-order chi connectivity index (χ0) is 30.9. The molecule has 6 saturated carbocycles. The predicted octanol–water partition coefficient (Wildman–Crippen LogP) is 8.42. The second kappa shape index (κ2) is 10.1. The van der Waals surface area contributed by atoms with Gasteiger partial charge in [0.25, 0.3) is 0 Å². The van der Waals surface area contributed by atoms with Gasteiger partial charge < -0.3 is 24.8 Å². The molecular weight excluding hydrogens is 580 g/mol. The van der Waals surface area contributed by atoms with Crippen molar-refractivity contribution in [2.24, 2.45) is 47.3 Å². The third-order valence-electron chi connectivity index (χ3n) is 14.9. The minimum Gasteiger partial charge on any atom is -0.365 e. The van der Waals surface area contributed by atoms with Crippen LogP contribution in [0.1, 0.15) is 80.9 Å². The lowest BCUT2D eigenvalue weighted by Gasteiger charge is -2.32. The molecule has 8 aliphatic rings. The molecule has 8 fully saturated rings. The van der Waals surface area contributed by atoms with Crippen LogP contribution in [0.5, 0.6) is 0 Å². The van der Waals surface area contributed by atoms with Gasteiger partial charge in [0.05, 0.1) is 6.61 Å². The molecule has 3 aromatic rings. The van der Waals surface area contributed by atoms with E-state index in [-0.39, 0.29) is 5.92 Å². The van der Waals surface area contributed by atoms with Crippen LogP contribution in [-0.4, -0.2) is 28.8 Å². The summed E-state index contributed by atoms with van der Waals surface area (Å²) in [5.41, 5.74) is 7.52. The summed E-state index contributed by atoms with van der Waals surface area (Å²) in [6.07, 6.45) is 13.5. The van der Waals surface area contributed by atoms with E-state index < -0.39 is 11.6 Å². The molecule has 244 valence electrons. The first-order valence-electron chi connectivity index (χ1n) is 18.9. The van der Waals surface area contributed by atoms with Gasteiger partial charge in [-0.15, -0.1) is 0 Å². The third-order valence-corrected chi connectivity index (χ3v) is 14.9. The Hall–Kier alpha value is -2.86. The average molecular weight is 629 g/mol. The van der Waals surface area contributed by atoms with E-state index >= 15 is 0 Å². The van der Waals surface area contributed by atoms with E-state index in [1.807, 2.05) is 0 Å². The van der Waals surface area contributed by atoms with Crippen molar-refractivity contribution in [2.45, 2.75) is 101 Å². The topological polar surface area (TPSA) is 54.0 Å². The maximum absolute atomic E-state index is 11.3. The Bertz CT molecular complexity index is 1650. The number of anilines is 3. The van der Waals surface area contributed by atoms with Gasteiger partial charge in [-0.25, -0.2) is 0 Å². The summed E-state index contributed by atoms with van der Waals surface area (Å²) in [5.74, 6) is 4.40. The van der Waals surface area contributed by atoms with Gasteiger partial charge in [0, 0.05) is 53.8 Å². The Morgan fingerprint density at radius 1 is 0.660 bits per heavy atom. The number of nitrogens with zero attached hydrogens (tertiary/aromatic N) is 1. The van der Waals surface area contributed by atoms with Crippen LogP contribution in [0.25, 0.3) is 0 Å². The molecule has 3 aromatic carbocycles. The lowest BCUT2D eigenvalue weighted by Crippen LogP contribution is -2.38. The number of nitrogens with one attached hydrogen (secondary N) is 1. The quantitative estimate of drug-likeness (QED) is 0.262. The summed E-state index contributed by atoms with van der Waals surface area (Å²) in [6.45, 7) is 0.522. The van der Waals surface area contributed by atoms with Gasteiger partial charge in [-0.3, -0.25) is 0 Å². The zero-order valence-corrected chi connectivity index (χ0v) is 27.4. The van der Waals surface area contributed by atoms with Crippen LogP contribution in [0, 0.1) is 47.3 Å². The fourth-order valence-electron chi connectivity index (χ4n) is 13.3. The van der Waals surface area contributed by atoms with Crippen molar-refractivity contribution >= 4 is 17.1 Å². The van der Waals surface area contributed by atoms with Crippen molar-refractivity contribution in [1.29, 1.82) is 0 Å². The first-order chi connectivity index (χ1) is 23.0. The molecular formula is C42H48N2O3. The normalized spacial score (nSPS) is 42.9. The standard InChI is InChI=1S/C42H48N2O3/c45-41-19-17-30-23-31-18-20-42(47-41,40(31)39(30)41)46-24-27-3-11-33(12-4-27)43-32-9-1-25(2-10-32)21-26-5-13-34(14-6-26)44-35-15-7-28-22-29-8-16-36(44)38(29)37(28)35/h1-6,9-14,28-31,35-40,43,45H,7-8,15-24H2/t28?,29?,30?,31?,35?,36?,37?,38?,39?,40?,41-,42+/m0/s1. The van der Waals surface area contributed by atoms with Crippen molar-refractivity contribution in [3.05, 3.63) is 89.5 Å². The Balaban J connectivity index is 0.711. The molecule has 0 spiro atoms. The second-order valence-electron chi connectivity index (χ2n) is 16.9. The van der Waals surface area contributed by atoms with Crippen LogP contribution in [0.2, 0.25) is 0 Å². The number of hydrogen-bond acceptors (Lipinski definition) is 5. The molecule has 6 aliphatic carbocycles. The van der Waals surface area contributed by atoms with E-state index in [1.54, 1.807) is 0 Å². The number of rotatable bonds is 8. The van der Waals surface area contributed by atoms with Gasteiger partial charge in [0.1, 0.15) is 0 Å². The number of aliphatic hydroxyl groups is 1. The highest BCUT2D eigenvalue weighted by molar-refractivity contribution is 5.60. The van der Waals surface area contributed by atoms with Crippen LogP contribution in [0.4, 0.5) is 17.1 Å². The molecule has 0 radical (unpaired) electrons. The van der Waals surface area contributed by atoms with E-state index in [2.05, 4.69) is 83.0 Å². The molecule has 10 unspecified atom stereocenters. The highest BCUT2D eigenvalue weighted by Gasteiger charge is 2.74. The fraction of sp³-hybridized carbons (Fsp3) is 0.571. The van der Waals surface area contributed by atoms with Crippen LogP contribution in [-0.2, 0) is 22.5 Å². The van der Waals surface area contributed by atoms with Gasteiger partial charge in [-0.05, 0) is 146 Å². The molecule has 0 bridgehead atoms. The summed E-state index contributed by atoms with van der Waals surface area (Å²) in [7, 11) is 0. The molecule has 11 rings (SSSR count). The van der Waals surface area contributed by atoms with Crippen molar-refractivity contribution in [1.82, 2.24) is 0 Å². The van der Waals surface area contributed by atoms with Crippen molar-refractivity contribution in [3.63, 3.8) is 0 Å². The minimum atomic E-state index is -0.954. The first-order valence-corrected chi connectivity index (χ1v) is 18.9. The number of benzene rings is 3. The molecule has 0 amide bonds. The minimum absolute atomic E-state index is 0.276. The molecule has 47 heavy (non-hydrogen) atoms. The molecule has 2 N–H and O–H groups in total. The van der Waals surface area contributed by atoms with E-state index in [1.165, 1.54) is 61.8 Å². The molecule has 2 aliphatic heterocycles. The highest BCUT2D eigenvalue weighted by atomic mass is 16.8. The van der Waals surface area contributed by atoms with Crippen molar-refractivity contribution in [3.8, 4) is 0 Å². The summed E-state index contributed by atoms with van der Waals surface area (Å²) < 4.78 is 13.0. The fourth-order valence-corrected chi connectivity index (χ4v) is 13.3. The van der Waals surface area contributed by atoms with Crippen molar-refractivity contribution in [2.75, 3.05) is 10.2 Å². The number of ether oxygens (including phenoxy) is 2. The monoisotopic (exact) mass is 628 g/mol. The average Bonchev–Trinajstić information content (AvgIpc) is 3.93. The van der Waals surface area contributed by atoms with E-state index in [0.29, 0.717) is 24.4 Å². The molecule has 12 atom stereocenters. The van der Waals surface area contributed by atoms with Gasteiger partial charge in [0.15, 0.2) is 11.6 Å². The van der Waals surface area contributed by atoms with E-state index in [4.69, 9.17) is 9.47 Å². The van der Waals surface area contributed by atoms with E-state index in [9.17, 15) is 5.11 Å². The van der Waals surface area contributed by atoms with Gasteiger partial charge in [-0.1, -0.05) is 36.4 Å². The lowest BCUT2D eigenvalue weighted by molar-refractivity contribution is -0.316. The van der Waals surface area contributed by atoms with Gasteiger partial charge in [0.2, 0.25) is 0 Å². The summed E-state index contributed by atoms with van der Waals surface area (Å²) in [4.78, 5) is 2.88. The van der Waals surface area contributed by atoms with Crippen molar-refractivity contribution < 1.29 is 14.6 Å². The molecule has 5 nitrogen and oxygen atoms in total. The summed E-state index contributed by atoms with van der Waals surface area (Å²) in [6, 6.07) is 28.7. The first kappa shape index (κ1) is 28.0. The SMILES string of the molecule is O[C@@]12CCC3CC4CC[C@@](OCc5ccc(Nc6ccc(Cc7ccc(N8C9CCC%10CC%11CCC8C%11C%109)cc7)cc6)cc5)(O1)C4C32. The predicted molar refractivity (Wildman–Crippen MR) is 183 cm³/mol. The Morgan fingerprint density at radius 3 is 1.91 bits per heavy atom. The summed E-state index contributed by atoms with van der Waals surface area (Å²) >= 11 is 0. The highest BCUT2D eigenvalue weighted by Crippen LogP contribution is 2.70. The lowest BCUT2D eigenvalue weighted by atomic mass is 9.86. The van der Waals surface area contributed by atoms with Crippen LogP contribution >= 0.6 is 0 Å². The molecule has 0 aromatic heterocycles. The zero-order valence-electron chi connectivity index (χ0n) is 27.4. The smallest absolute Gasteiger partial charge is 0.175 e. The van der Waals surface area contributed by atoms with Gasteiger partial charge >= 0.3 is 0 Å². The maximum atomic E-state index is 11.3. The summed E-state index contributed by atoms with van der Waals surface area (Å²) in [5, 5.41) is 14.8. The second-order valence-corrected chi connectivity index (χ2v) is 16.9.